The predicted molar refractivity (Wildman–Crippen MR) is 84.0 cm³/mol. The highest BCUT2D eigenvalue weighted by Crippen LogP contribution is 2.28. The van der Waals surface area contributed by atoms with E-state index in [2.05, 4.69) is 15.0 Å². The van der Waals surface area contributed by atoms with E-state index in [1.807, 2.05) is 6.92 Å². The standard InChI is InChI=1S/C14H17N3O2S2/c1-10-7-14(20-13(10)9-16-11-4-5-11)21(18,19)17-12-3-2-6-15-8-12/h2-3,6-8,11,16-17H,4-5,9H2,1H3. The van der Waals surface area contributed by atoms with Crippen LogP contribution in [0.2, 0.25) is 0 Å². The van der Waals surface area contributed by atoms with Gasteiger partial charge < -0.3 is 5.32 Å². The third kappa shape index (κ3) is 3.61. The lowest BCUT2D eigenvalue weighted by Crippen LogP contribution is -2.14. The summed E-state index contributed by atoms with van der Waals surface area (Å²) in [5.41, 5.74) is 1.49. The van der Waals surface area contributed by atoms with Crippen LogP contribution in [0.15, 0.2) is 34.8 Å². The number of aryl methyl sites for hydroxylation is 1. The van der Waals surface area contributed by atoms with E-state index in [9.17, 15) is 8.42 Å². The molecule has 1 fully saturated rings. The van der Waals surface area contributed by atoms with Crippen molar-refractivity contribution in [1.29, 1.82) is 0 Å². The van der Waals surface area contributed by atoms with E-state index >= 15 is 0 Å². The van der Waals surface area contributed by atoms with Gasteiger partial charge in [-0.2, -0.15) is 0 Å². The van der Waals surface area contributed by atoms with Crippen LogP contribution in [0.3, 0.4) is 0 Å². The molecule has 0 aliphatic heterocycles. The topological polar surface area (TPSA) is 71.1 Å². The third-order valence-electron chi connectivity index (χ3n) is 3.31. The fraction of sp³-hybridized carbons (Fsp3) is 0.357. The first-order valence-electron chi connectivity index (χ1n) is 6.80. The van der Waals surface area contributed by atoms with Crippen molar-refractivity contribution in [2.75, 3.05) is 4.72 Å². The quantitative estimate of drug-likeness (QED) is 0.857. The van der Waals surface area contributed by atoms with Crippen molar-refractivity contribution in [3.63, 3.8) is 0 Å². The lowest BCUT2D eigenvalue weighted by molar-refractivity contribution is 0.603. The van der Waals surface area contributed by atoms with Crippen molar-refractivity contribution in [3.05, 3.63) is 41.0 Å². The van der Waals surface area contributed by atoms with E-state index in [1.54, 1.807) is 24.4 Å². The Morgan fingerprint density at radius 3 is 2.90 bits per heavy atom. The average molecular weight is 323 g/mol. The SMILES string of the molecule is Cc1cc(S(=O)(=O)Nc2cccnc2)sc1CNC1CC1. The van der Waals surface area contributed by atoms with Gasteiger partial charge in [-0.25, -0.2) is 8.42 Å². The average Bonchev–Trinajstić information content (AvgIpc) is 3.20. The molecule has 0 aromatic carbocycles. The van der Waals surface area contributed by atoms with E-state index in [4.69, 9.17) is 0 Å². The van der Waals surface area contributed by atoms with Gasteiger partial charge in [0.1, 0.15) is 4.21 Å². The first-order valence-corrected chi connectivity index (χ1v) is 9.10. The fourth-order valence-electron chi connectivity index (χ4n) is 1.95. The zero-order valence-electron chi connectivity index (χ0n) is 11.7. The van der Waals surface area contributed by atoms with Crippen LogP contribution >= 0.6 is 11.3 Å². The van der Waals surface area contributed by atoms with Crippen molar-refractivity contribution in [3.8, 4) is 0 Å². The summed E-state index contributed by atoms with van der Waals surface area (Å²) in [4.78, 5) is 4.98. The number of rotatable bonds is 6. The molecule has 7 heteroatoms. The van der Waals surface area contributed by atoms with Crippen molar-refractivity contribution in [2.24, 2.45) is 0 Å². The number of hydrogen-bond acceptors (Lipinski definition) is 5. The summed E-state index contributed by atoms with van der Waals surface area (Å²) in [6.45, 7) is 2.69. The maximum Gasteiger partial charge on any atom is 0.271 e. The van der Waals surface area contributed by atoms with Crippen LogP contribution in [0.25, 0.3) is 0 Å². The Morgan fingerprint density at radius 1 is 1.43 bits per heavy atom. The number of thiophene rings is 1. The van der Waals surface area contributed by atoms with Crippen LogP contribution in [-0.2, 0) is 16.6 Å². The third-order valence-corrected chi connectivity index (χ3v) is 6.40. The predicted octanol–water partition coefficient (Wildman–Crippen LogP) is 2.50. The molecule has 2 aromatic heterocycles. The zero-order chi connectivity index (χ0) is 14.9. The summed E-state index contributed by atoms with van der Waals surface area (Å²) in [5.74, 6) is 0. The zero-order valence-corrected chi connectivity index (χ0v) is 13.3. The Balaban J connectivity index is 1.76. The van der Waals surface area contributed by atoms with Gasteiger partial charge >= 0.3 is 0 Å². The van der Waals surface area contributed by atoms with Crippen LogP contribution in [0.1, 0.15) is 23.3 Å². The molecule has 0 spiro atoms. The maximum absolute atomic E-state index is 12.4. The molecular weight excluding hydrogens is 306 g/mol. The summed E-state index contributed by atoms with van der Waals surface area (Å²) in [7, 11) is -3.54. The van der Waals surface area contributed by atoms with Crippen molar-refractivity contribution < 1.29 is 8.42 Å². The molecule has 0 unspecified atom stereocenters. The van der Waals surface area contributed by atoms with Crippen LogP contribution in [0.4, 0.5) is 5.69 Å². The molecule has 1 aliphatic carbocycles. The Morgan fingerprint density at radius 2 is 2.24 bits per heavy atom. The summed E-state index contributed by atoms with van der Waals surface area (Å²) < 4.78 is 27.6. The molecule has 0 radical (unpaired) electrons. The number of hydrogen-bond donors (Lipinski definition) is 2. The first-order chi connectivity index (χ1) is 10.0. The molecule has 1 aliphatic rings. The van der Waals surface area contributed by atoms with Crippen LogP contribution in [0.5, 0.6) is 0 Å². The highest BCUT2D eigenvalue weighted by atomic mass is 32.2. The molecule has 2 N–H and O–H groups in total. The number of anilines is 1. The van der Waals surface area contributed by atoms with Gasteiger partial charge in [0.05, 0.1) is 11.9 Å². The molecule has 0 saturated heterocycles. The second-order valence-electron chi connectivity index (χ2n) is 5.17. The van der Waals surface area contributed by atoms with Crippen LogP contribution < -0.4 is 10.0 Å². The number of aromatic nitrogens is 1. The van der Waals surface area contributed by atoms with Crippen molar-refractivity contribution in [2.45, 2.75) is 36.6 Å². The Hall–Kier alpha value is -1.44. The molecule has 112 valence electrons. The molecule has 1 saturated carbocycles. The Kier molecular flexibility index (Phi) is 3.97. The number of nitrogens with one attached hydrogen (secondary N) is 2. The molecular formula is C14H17N3O2S2. The molecule has 5 nitrogen and oxygen atoms in total. The van der Waals surface area contributed by atoms with Gasteiger partial charge in [-0.15, -0.1) is 11.3 Å². The smallest absolute Gasteiger partial charge is 0.271 e. The molecule has 0 bridgehead atoms. The lowest BCUT2D eigenvalue weighted by atomic mass is 10.3. The fourth-order valence-corrected chi connectivity index (χ4v) is 4.53. The van der Waals surface area contributed by atoms with Crippen molar-refractivity contribution in [1.82, 2.24) is 10.3 Å². The summed E-state index contributed by atoms with van der Waals surface area (Å²) >= 11 is 1.32. The lowest BCUT2D eigenvalue weighted by Gasteiger charge is -2.05. The van der Waals surface area contributed by atoms with Crippen molar-refractivity contribution >= 4 is 27.0 Å². The van der Waals surface area contributed by atoms with Gasteiger partial charge in [-0.05, 0) is 43.5 Å². The highest BCUT2D eigenvalue weighted by molar-refractivity contribution is 7.94. The molecule has 2 heterocycles. The molecule has 2 aromatic rings. The van der Waals surface area contributed by atoms with E-state index in [1.165, 1.54) is 30.4 Å². The summed E-state index contributed by atoms with van der Waals surface area (Å²) in [5, 5.41) is 3.41. The second-order valence-corrected chi connectivity index (χ2v) is 8.22. The van der Waals surface area contributed by atoms with E-state index in [0.717, 1.165) is 17.0 Å². The number of sulfonamides is 1. The van der Waals surface area contributed by atoms with E-state index < -0.39 is 10.0 Å². The maximum atomic E-state index is 12.4. The van der Waals surface area contributed by atoms with Crippen LogP contribution in [-0.4, -0.2) is 19.4 Å². The second kappa shape index (κ2) is 5.75. The van der Waals surface area contributed by atoms with Gasteiger partial charge in [-0.1, -0.05) is 0 Å². The first kappa shape index (κ1) is 14.5. The van der Waals surface area contributed by atoms with Gasteiger partial charge in [-0.3, -0.25) is 9.71 Å². The minimum Gasteiger partial charge on any atom is -0.309 e. The minimum atomic E-state index is -3.54. The monoisotopic (exact) mass is 323 g/mol. The molecule has 0 amide bonds. The van der Waals surface area contributed by atoms with E-state index in [0.29, 0.717) is 15.9 Å². The molecule has 21 heavy (non-hydrogen) atoms. The van der Waals surface area contributed by atoms with Gasteiger partial charge in [0.2, 0.25) is 0 Å². The van der Waals surface area contributed by atoms with Gasteiger partial charge in [0.25, 0.3) is 10.0 Å². The van der Waals surface area contributed by atoms with Crippen LogP contribution in [0, 0.1) is 6.92 Å². The normalized spacial score (nSPS) is 15.1. The van der Waals surface area contributed by atoms with Gasteiger partial charge in [0, 0.05) is 23.7 Å². The van der Waals surface area contributed by atoms with E-state index in [-0.39, 0.29) is 0 Å². The minimum absolute atomic E-state index is 0.344. The largest absolute Gasteiger partial charge is 0.309 e. The van der Waals surface area contributed by atoms with Gasteiger partial charge in [0.15, 0.2) is 0 Å². The molecule has 3 rings (SSSR count). The molecule has 0 atom stereocenters. The number of pyridine rings is 1. The Bertz CT molecular complexity index is 722. The Labute approximate surface area is 128 Å². The summed E-state index contributed by atoms with van der Waals surface area (Å²) in [6.07, 6.45) is 5.54. The summed E-state index contributed by atoms with van der Waals surface area (Å²) in [6, 6.07) is 5.72. The number of nitrogens with zero attached hydrogens (tertiary/aromatic N) is 1. The highest BCUT2D eigenvalue weighted by Gasteiger charge is 2.22.